The Bertz CT molecular complexity index is 884. The van der Waals surface area contributed by atoms with Gasteiger partial charge in [-0.05, 0) is 62.6 Å². The van der Waals surface area contributed by atoms with Crippen LogP contribution >= 0.6 is 0 Å². The van der Waals surface area contributed by atoms with E-state index in [0.717, 1.165) is 52.0 Å². The lowest BCUT2D eigenvalue weighted by atomic mass is 9.96. The highest BCUT2D eigenvalue weighted by Gasteiger charge is 2.31. The Hall–Kier alpha value is -2.16. The number of rotatable bonds is 5. The zero-order valence-electron chi connectivity index (χ0n) is 21.6. The molecule has 0 unspecified atom stereocenters. The van der Waals surface area contributed by atoms with Crippen LogP contribution in [0.5, 0.6) is 5.75 Å². The van der Waals surface area contributed by atoms with E-state index in [9.17, 15) is 9.59 Å². The molecule has 1 saturated heterocycles. The monoisotopic (exact) mass is 487 g/mol. The highest BCUT2D eigenvalue weighted by Crippen LogP contribution is 2.32. The first-order valence-electron chi connectivity index (χ1n) is 13.0. The number of amides is 2. The van der Waals surface area contributed by atoms with Crippen molar-refractivity contribution in [1.82, 2.24) is 9.80 Å². The molecule has 3 aliphatic rings. The van der Waals surface area contributed by atoms with Crippen molar-refractivity contribution in [3.05, 3.63) is 23.8 Å². The van der Waals surface area contributed by atoms with Crippen LogP contribution in [0.25, 0.3) is 0 Å². The van der Waals surface area contributed by atoms with Gasteiger partial charge in [0.2, 0.25) is 5.91 Å². The Kier molecular flexibility index (Phi) is 8.68. The van der Waals surface area contributed by atoms with Gasteiger partial charge in [0, 0.05) is 64.7 Å². The molecule has 8 heteroatoms. The lowest BCUT2D eigenvalue weighted by molar-refractivity contribution is -0.117. The van der Waals surface area contributed by atoms with Crippen LogP contribution in [0.1, 0.15) is 49.9 Å². The van der Waals surface area contributed by atoms with Gasteiger partial charge in [-0.3, -0.25) is 14.5 Å². The number of ether oxygens (including phenoxy) is 3. The van der Waals surface area contributed by atoms with Crippen LogP contribution in [0.2, 0.25) is 0 Å². The number of nitrogens with zero attached hydrogens (tertiary/aromatic N) is 2. The molecule has 1 aromatic carbocycles. The zero-order chi connectivity index (χ0) is 24.9. The molecule has 2 fully saturated rings. The normalized spacial score (nSPS) is 27.4. The van der Waals surface area contributed by atoms with Crippen molar-refractivity contribution >= 4 is 17.5 Å². The van der Waals surface area contributed by atoms with Gasteiger partial charge in [0.05, 0.1) is 11.7 Å². The Morgan fingerprint density at radius 3 is 2.57 bits per heavy atom. The molecular weight excluding hydrogens is 446 g/mol. The summed E-state index contributed by atoms with van der Waals surface area (Å²) in [7, 11) is 3.52. The predicted octanol–water partition coefficient (Wildman–Crippen LogP) is 3.27. The Morgan fingerprint density at radius 1 is 1.14 bits per heavy atom. The maximum Gasteiger partial charge on any atom is 0.257 e. The summed E-state index contributed by atoms with van der Waals surface area (Å²) in [6, 6.07) is 5.55. The molecular formula is C27H41N3O5. The molecule has 1 aromatic rings. The average molecular weight is 488 g/mol. The van der Waals surface area contributed by atoms with Crippen molar-refractivity contribution in [1.29, 1.82) is 0 Å². The van der Waals surface area contributed by atoms with E-state index in [1.54, 1.807) is 31.2 Å². The maximum absolute atomic E-state index is 13.5. The van der Waals surface area contributed by atoms with E-state index >= 15 is 0 Å². The second kappa shape index (κ2) is 11.7. The summed E-state index contributed by atoms with van der Waals surface area (Å²) < 4.78 is 17.7. The highest BCUT2D eigenvalue weighted by atomic mass is 16.5. The van der Waals surface area contributed by atoms with Crippen LogP contribution in [0.3, 0.4) is 0 Å². The van der Waals surface area contributed by atoms with Crippen molar-refractivity contribution in [2.45, 2.75) is 51.7 Å². The van der Waals surface area contributed by atoms with E-state index in [1.807, 2.05) is 6.07 Å². The van der Waals surface area contributed by atoms with Gasteiger partial charge in [0.1, 0.15) is 12.4 Å². The first-order valence-corrected chi connectivity index (χ1v) is 13.0. The molecule has 2 aliphatic heterocycles. The number of hydrogen-bond donors (Lipinski definition) is 1. The number of benzene rings is 1. The van der Waals surface area contributed by atoms with Crippen molar-refractivity contribution in [2.24, 2.45) is 17.8 Å². The van der Waals surface area contributed by atoms with Gasteiger partial charge >= 0.3 is 0 Å². The molecule has 4 rings (SSSR count). The van der Waals surface area contributed by atoms with E-state index in [-0.39, 0.29) is 35.8 Å². The molecule has 0 bridgehead atoms. The summed E-state index contributed by atoms with van der Waals surface area (Å²) in [4.78, 5) is 30.0. The third kappa shape index (κ3) is 6.74. The van der Waals surface area contributed by atoms with Gasteiger partial charge in [-0.25, -0.2) is 0 Å². The summed E-state index contributed by atoms with van der Waals surface area (Å²) in [5.41, 5.74) is 1.09. The zero-order valence-corrected chi connectivity index (χ0v) is 21.6. The molecule has 35 heavy (non-hydrogen) atoms. The molecule has 0 spiro atoms. The first-order chi connectivity index (χ1) is 16.9. The number of anilines is 1. The number of likely N-dealkylation sites (N-methyl/N-ethyl adjacent to an activating group) is 1. The van der Waals surface area contributed by atoms with Crippen molar-refractivity contribution in [3.63, 3.8) is 0 Å². The number of hydrogen-bond acceptors (Lipinski definition) is 6. The molecule has 1 aliphatic carbocycles. The van der Waals surface area contributed by atoms with Gasteiger partial charge in [-0.1, -0.05) is 6.92 Å². The second-order valence-electron chi connectivity index (χ2n) is 10.6. The second-order valence-corrected chi connectivity index (χ2v) is 10.6. The number of methoxy groups -OCH3 is 1. The molecule has 0 radical (unpaired) electrons. The molecule has 2 heterocycles. The predicted molar refractivity (Wildman–Crippen MR) is 135 cm³/mol. The van der Waals surface area contributed by atoms with Crippen LogP contribution in [0.15, 0.2) is 18.2 Å². The number of nitrogens with one attached hydrogen (secondary N) is 1. The molecule has 0 aromatic heterocycles. The van der Waals surface area contributed by atoms with Crippen molar-refractivity contribution < 1.29 is 23.8 Å². The summed E-state index contributed by atoms with van der Waals surface area (Å²) in [5, 5.41) is 2.96. The fourth-order valence-electron chi connectivity index (χ4n) is 5.03. The number of carbonyl (C=O) groups is 2. The van der Waals surface area contributed by atoms with Crippen LogP contribution in [0.4, 0.5) is 5.69 Å². The first kappa shape index (κ1) is 25.9. The molecule has 2 amide bonds. The minimum Gasteiger partial charge on any atom is -0.491 e. The van der Waals surface area contributed by atoms with Gasteiger partial charge in [0.25, 0.3) is 5.91 Å². The van der Waals surface area contributed by atoms with Gasteiger partial charge in [-0.2, -0.15) is 0 Å². The lowest BCUT2D eigenvalue weighted by Gasteiger charge is -2.38. The molecule has 1 saturated carbocycles. The van der Waals surface area contributed by atoms with Crippen molar-refractivity contribution in [3.8, 4) is 5.75 Å². The molecule has 1 N–H and O–H groups in total. The fraction of sp³-hybridized carbons (Fsp3) is 0.704. The van der Waals surface area contributed by atoms with Crippen LogP contribution in [-0.2, 0) is 14.3 Å². The summed E-state index contributed by atoms with van der Waals surface area (Å²) in [6.45, 7) is 8.89. The third-order valence-corrected chi connectivity index (χ3v) is 7.62. The maximum atomic E-state index is 13.5. The van der Waals surface area contributed by atoms with E-state index < -0.39 is 0 Å². The largest absolute Gasteiger partial charge is 0.491 e. The average Bonchev–Trinajstić information content (AvgIpc) is 3.71. The standard InChI is InChI=1S/C27H41N3O5/c1-18-14-30(15-20-9-11-34-12-10-20)19(2)17-35-24-8-7-22(28-26(31)21-5-6-21)13-23(24)27(32)29(3)16-25(18)33-4/h7-8,13,18-21,25H,5-6,9-12,14-17H2,1-4H3,(H,28,31)/t18-,19+,25+/m0/s1. The van der Waals surface area contributed by atoms with Gasteiger partial charge in [0.15, 0.2) is 0 Å². The Labute approximate surface area is 209 Å². The Morgan fingerprint density at radius 2 is 1.89 bits per heavy atom. The highest BCUT2D eigenvalue weighted by molar-refractivity contribution is 6.00. The van der Waals surface area contributed by atoms with Gasteiger partial charge in [-0.15, -0.1) is 0 Å². The molecule has 194 valence electrons. The Balaban J connectivity index is 1.58. The van der Waals surface area contributed by atoms with Crippen LogP contribution < -0.4 is 10.1 Å². The molecule has 8 nitrogen and oxygen atoms in total. The number of carbonyl (C=O) groups excluding carboxylic acids is 2. The van der Waals surface area contributed by atoms with E-state index in [0.29, 0.717) is 36.1 Å². The quantitative estimate of drug-likeness (QED) is 0.687. The summed E-state index contributed by atoms with van der Waals surface area (Å²) in [5.74, 6) is 1.38. The lowest BCUT2D eigenvalue weighted by Crippen LogP contribution is -2.48. The van der Waals surface area contributed by atoms with Gasteiger partial charge < -0.3 is 24.4 Å². The van der Waals surface area contributed by atoms with E-state index in [4.69, 9.17) is 14.2 Å². The third-order valence-electron chi connectivity index (χ3n) is 7.62. The summed E-state index contributed by atoms with van der Waals surface area (Å²) >= 11 is 0. The van der Waals surface area contributed by atoms with Crippen molar-refractivity contribution in [2.75, 3.05) is 58.9 Å². The SMILES string of the molecule is CO[C@@H]1CN(C)C(=O)c2cc(NC(=O)C3CC3)ccc2OC[C@@H](C)N(CC2CCOCC2)C[C@@H]1C. The van der Waals surface area contributed by atoms with E-state index in [2.05, 4.69) is 24.1 Å². The van der Waals surface area contributed by atoms with E-state index in [1.165, 1.54) is 0 Å². The fourth-order valence-corrected chi connectivity index (χ4v) is 5.03. The number of fused-ring (bicyclic) bond motifs is 1. The summed E-state index contributed by atoms with van der Waals surface area (Å²) in [6.07, 6.45) is 3.94. The van der Waals surface area contributed by atoms with Crippen LogP contribution in [0, 0.1) is 17.8 Å². The topological polar surface area (TPSA) is 80.3 Å². The smallest absolute Gasteiger partial charge is 0.257 e. The minimum absolute atomic E-state index is 0.0190. The van der Waals surface area contributed by atoms with Crippen LogP contribution in [-0.4, -0.2) is 87.4 Å². The molecule has 3 atom stereocenters. The minimum atomic E-state index is -0.135.